The number of rotatable bonds is 7. The van der Waals surface area contributed by atoms with E-state index < -0.39 is 0 Å². The third-order valence-corrected chi connectivity index (χ3v) is 1.95. The van der Waals surface area contributed by atoms with Gasteiger partial charge in [0.2, 0.25) is 0 Å². The average molecular weight is 157 g/mol. The van der Waals surface area contributed by atoms with E-state index >= 15 is 0 Å². The molecule has 0 amide bonds. The molecule has 11 heavy (non-hydrogen) atoms. The number of unbranched alkanes of at least 4 members (excludes halogenated alkanes) is 1. The predicted octanol–water partition coefficient (Wildman–Crippen LogP) is 2.29. The summed E-state index contributed by atoms with van der Waals surface area (Å²) >= 11 is 0. The minimum atomic E-state index is 0.528. The third-order valence-electron chi connectivity index (χ3n) is 1.95. The minimum absolute atomic E-state index is 0.528. The van der Waals surface area contributed by atoms with Gasteiger partial charge in [0.15, 0.2) is 0 Å². The summed E-state index contributed by atoms with van der Waals surface area (Å²) in [4.78, 5) is 9.61. The molecule has 1 unspecified atom stereocenters. The highest BCUT2D eigenvalue weighted by molar-refractivity contribution is 5.37. The largest absolute Gasteiger partial charge is 0.457 e. The standard InChI is InChI=1S/C9H17O2/c1-3-9(2)6-4-5-7-11-8-10/h9H,3-7H2,1-2H3. The fourth-order valence-electron chi connectivity index (χ4n) is 0.913. The van der Waals surface area contributed by atoms with Crippen LogP contribution in [0.25, 0.3) is 0 Å². The fourth-order valence-corrected chi connectivity index (χ4v) is 0.913. The summed E-state index contributed by atoms with van der Waals surface area (Å²) in [7, 11) is 0. The Morgan fingerprint density at radius 2 is 2.18 bits per heavy atom. The van der Waals surface area contributed by atoms with Gasteiger partial charge in [-0.15, -0.1) is 0 Å². The Hall–Kier alpha value is -0.530. The van der Waals surface area contributed by atoms with Gasteiger partial charge in [0, 0.05) is 0 Å². The van der Waals surface area contributed by atoms with Crippen LogP contribution in [0.1, 0.15) is 39.5 Å². The van der Waals surface area contributed by atoms with E-state index in [-0.39, 0.29) is 0 Å². The second kappa shape index (κ2) is 7.58. The van der Waals surface area contributed by atoms with Crippen LogP contribution in [0.3, 0.4) is 0 Å². The normalized spacial score (nSPS) is 12.5. The molecule has 0 heterocycles. The van der Waals surface area contributed by atoms with Crippen LogP contribution in [0.15, 0.2) is 0 Å². The Labute approximate surface area is 68.9 Å². The second-order valence-corrected chi connectivity index (χ2v) is 2.94. The Bertz CT molecular complexity index is 91.6. The first kappa shape index (κ1) is 10.5. The zero-order valence-corrected chi connectivity index (χ0v) is 7.43. The summed E-state index contributed by atoms with van der Waals surface area (Å²) < 4.78 is 4.44. The lowest BCUT2D eigenvalue weighted by Gasteiger charge is -2.06. The molecule has 0 rings (SSSR count). The zero-order chi connectivity index (χ0) is 8.53. The van der Waals surface area contributed by atoms with Gasteiger partial charge in [-0.1, -0.05) is 26.7 Å². The lowest BCUT2D eigenvalue weighted by Crippen LogP contribution is -1.95. The van der Waals surface area contributed by atoms with E-state index in [1.54, 1.807) is 0 Å². The summed E-state index contributed by atoms with van der Waals surface area (Å²) in [5.41, 5.74) is 0. The van der Waals surface area contributed by atoms with Crippen molar-refractivity contribution < 1.29 is 9.53 Å². The summed E-state index contributed by atoms with van der Waals surface area (Å²) in [5.74, 6) is 0.801. The third kappa shape index (κ3) is 7.37. The van der Waals surface area contributed by atoms with Crippen LogP contribution in [-0.2, 0) is 9.53 Å². The molecule has 0 aliphatic rings. The average Bonchev–Trinajstić information content (AvgIpc) is 2.04. The van der Waals surface area contributed by atoms with Gasteiger partial charge in [-0.3, -0.25) is 0 Å². The number of hydrogen-bond donors (Lipinski definition) is 0. The van der Waals surface area contributed by atoms with Gasteiger partial charge in [-0.2, -0.15) is 0 Å². The fraction of sp³-hybridized carbons (Fsp3) is 0.889. The molecule has 0 aliphatic carbocycles. The molecule has 0 aromatic heterocycles. The van der Waals surface area contributed by atoms with Crippen molar-refractivity contribution >= 4 is 6.47 Å². The van der Waals surface area contributed by atoms with E-state index in [9.17, 15) is 4.79 Å². The molecule has 2 nitrogen and oxygen atoms in total. The molecule has 0 fully saturated rings. The van der Waals surface area contributed by atoms with Gasteiger partial charge in [0.05, 0.1) is 6.61 Å². The molecule has 2 heteroatoms. The van der Waals surface area contributed by atoms with Gasteiger partial charge >= 0.3 is 6.47 Å². The van der Waals surface area contributed by atoms with Gasteiger partial charge in [0.25, 0.3) is 0 Å². The highest BCUT2D eigenvalue weighted by Gasteiger charge is 1.97. The monoisotopic (exact) mass is 157 g/mol. The van der Waals surface area contributed by atoms with Crippen LogP contribution >= 0.6 is 0 Å². The molecule has 0 N–H and O–H groups in total. The highest BCUT2D eigenvalue weighted by Crippen LogP contribution is 2.10. The number of ether oxygens (including phenoxy) is 1. The first-order valence-electron chi connectivity index (χ1n) is 4.30. The minimum Gasteiger partial charge on any atom is -0.457 e. The summed E-state index contributed by atoms with van der Waals surface area (Å²) in [6, 6.07) is 0. The van der Waals surface area contributed by atoms with E-state index in [0.717, 1.165) is 18.8 Å². The van der Waals surface area contributed by atoms with Gasteiger partial charge in [0.1, 0.15) is 0 Å². The van der Waals surface area contributed by atoms with Gasteiger partial charge in [-0.05, 0) is 18.8 Å². The maximum Gasteiger partial charge on any atom is 0.417 e. The lowest BCUT2D eigenvalue weighted by molar-refractivity contribution is 0.266. The molecule has 0 bridgehead atoms. The highest BCUT2D eigenvalue weighted by atomic mass is 16.5. The Morgan fingerprint density at radius 1 is 1.45 bits per heavy atom. The molecule has 65 valence electrons. The number of hydrogen-bond acceptors (Lipinski definition) is 2. The van der Waals surface area contributed by atoms with Crippen molar-refractivity contribution in [3.63, 3.8) is 0 Å². The Morgan fingerprint density at radius 3 is 2.73 bits per heavy atom. The van der Waals surface area contributed by atoms with Crippen molar-refractivity contribution in [2.45, 2.75) is 39.5 Å². The SMILES string of the molecule is CCC(C)CCCCO[C]=O. The maximum absolute atomic E-state index is 9.61. The molecular weight excluding hydrogens is 140 g/mol. The van der Waals surface area contributed by atoms with Crippen molar-refractivity contribution in [3.05, 3.63) is 0 Å². The molecule has 0 aromatic carbocycles. The molecule has 0 spiro atoms. The second-order valence-electron chi connectivity index (χ2n) is 2.94. The first-order valence-corrected chi connectivity index (χ1v) is 4.30. The smallest absolute Gasteiger partial charge is 0.417 e. The van der Waals surface area contributed by atoms with Crippen LogP contribution in [-0.4, -0.2) is 13.1 Å². The Balaban J connectivity index is 2.95. The maximum atomic E-state index is 9.61. The van der Waals surface area contributed by atoms with Crippen LogP contribution < -0.4 is 0 Å². The van der Waals surface area contributed by atoms with E-state index in [1.165, 1.54) is 19.3 Å². The summed E-state index contributed by atoms with van der Waals surface area (Å²) in [6.07, 6.45) is 4.59. The van der Waals surface area contributed by atoms with E-state index in [0.29, 0.717) is 6.61 Å². The van der Waals surface area contributed by atoms with E-state index in [1.807, 2.05) is 0 Å². The van der Waals surface area contributed by atoms with Crippen LogP contribution in [0, 0.1) is 5.92 Å². The lowest BCUT2D eigenvalue weighted by atomic mass is 10.0. The molecule has 1 atom stereocenters. The quantitative estimate of drug-likeness (QED) is 0.530. The first-order chi connectivity index (χ1) is 5.31. The van der Waals surface area contributed by atoms with Crippen molar-refractivity contribution in [1.29, 1.82) is 0 Å². The van der Waals surface area contributed by atoms with E-state index in [2.05, 4.69) is 18.6 Å². The Kier molecular flexibility index (Phi) is 7.21. The van der Waals surface area contributed by atoms with Crippen molar-refractivity contribution in [2.24, 2.45) is 5.92 Å². The van der Waals surface area contributed by atoms with Crippen molar-refractivity contribution in [1.82, 2.24) is 0 Å². The van der Waals surface area contributed by atoms with Crippen LogP contribution in [0.5, 0.6) is 0 Å². The molecule has 0 saturated carbocycles. The van der Waals surface area contributed by atoms with Gasteiger partial charge < -0.3 is 4.74 Å². The van der Waals surface area contributed by atoms with Crippen molar-refractivity contribution in [3.8, 4) is 0 Å². The summed E-state index contributed by atoms with van der Waals surface area (Å²) in [5, 5.41) is 0. The number of carbonyl (C=O) groups excluding carboxylic acids is 1. The van der Waals surface area contributed by atoms with Gasteiger partial charge in [-0.25, -0.2) is 4.79 Å². The summed E-state index contributed by atoms with van der Waals surface area (Å²) in [6.45, 7) is 6.39. The molecule has 1 radical (unpaired) electrons. The zero-order valence-electron chi connectivity index (χ0n) is 7.43. The molecular formula is C9H17O2. The van der Waals surface area contributed by atoms with E-state index in [4.69, 9.17) is 0 Å². The van der Waals surface area contributed by atoms with Crippen molar-refractivity contribution in [2.75, 3.05) is 6.61 Å². The molecule has 0 saturated heterocycles. The molecule has 0 aromatic rings. The van der Waals surface area contributed by atoms with Crippen LogP contribution in [0.4, 0.5) is 0 Å². The van der Waals surface area contributed by atoms with Crippen LogP contribution in [0.2, 0.25) is 0 Å². The molecule has 0 aliphatic heterocycles. The topological polar surface area (TPSA) is 26.3 Å². The predicted molar refractivity (Wildman–Crippen MR) is 45.0 cm³/mol.